The van der Waals surface area contributed by atoms with E-state index in [9.17, 15) is 0 Å². The molecule has 2 fully saturated rings. The fraction of sp³-hybridized carbons (Fsp3) is 0.800. The molecule has 2 N–H and O–H groups in total. The van der Waals surface area contributed by atoms with E-state index < -0.39 is 0 Å². The van der Waals surface area contributed by atoms with E-state index in [1.54, 1.807) is 7.11 Å². The standard InChI is InChI=1S/C15H25N3O/c1-10(9-19-2)13-14(16)18(12-7-8-12)15(17-13)11-5-3-4-6-11/h10-12H,3-9,16H2,1-2H3. The van der Waals surface area contributed by atoms with Crippen LogP contribution < -0.4 is 5.73 Å². The van der Waals surface area contributed by atoms with E-state index in [0.29, 0.717) is 18.6 Å². The zero-order chi connectivity index (χ0) is 13.4. The van der Waals surface area contributed by atoms with Gasteiger partial charge in [0.1, 0.15) is 11.6 Å². The molecule has 106 valence electrons. The predicted octanol–water partition coefficient (Wildman–Crippen LogP) is 3.21. The molecule has 3 rings (SSSR count). The van der Waals surface area contributed by atoms with Crippen molar-refractivity contribution in [1.82, 2.24) is 9.55 Å². The highest BCUT2D eigenvalue weighted by molar-refractivity contribution is 5.42. The number of nitrogen functional groups attached to an aromatic ring is 1. The van der Waals surface area contributed by atoms with Gasteiger partial charge in [0.25, 0.3) is 0 Å². The molecule has 1 atom stereocenters. The van der Waals surface area contributed by atoms with E-state index >= 15 is 0 Å². The van der Waals surface area contributed by atoms with Gasteiger partial charge >= 0.3 is 0 Å². The first kappa shape index (κ1) is 13.0. The summed E-state index contributed by atoms with van der Waals surface area (Å²) in [7, 11) is 1.74. The summed E-state index contributed by atoms with van der Waals surface area (Å²) in [5.41, 5.74) is 7.44. The molecule has 1 heterocycles. The SMILES string of the molecule is COCC(C)c1nc(C2CCCC2)n(C2CC2)c1N. The van der Waals surface area contributed by atoms with E-state index in [1.807, 2.05) is 0 Å². The van der Waals surface area contributed by atoms with E-state index in [1.165, 1.54) is 44.3 Å². The molecule has 1 unspecified atom stereocenters. The van der Waals surface area contributed by atoms with Crippen molar-refractivity contribution in [3.63, 3.8) is 0 Å². The Morgan fingerprint density at radius 3 is 2.58 bits per heavy atom. The number of aromatic nitrogens is 2. The topological polar surface area (TPSA) is 53.1 Å². The van der Waals surface area contributed by atoms with Crippen molar-refractivity contribution in [2.75, 3.05) is 19.5 Å². The van der Waals surface area contributed by atoms with Gasteiger partial charge in [-0.25, -0.2) is 4.98 Å². The van der Waals surface area contributed by atoms with Crippen LogP contribution in [-0.2, 0) is 4.74 Å². The lowest BCUT2D eigenvalue weighted by Gasteiger charge is -2.13. The average Bonchev–Trinajstić information content (AvgIpc) is 2.96. The van der Waals surface area contributed by atoms with E-state index in [0.717, 1.165) is 11.5 Å². The molecular formula is C15H25N3O. The third-order valence-electron chi connectivity index (χ3n) is 4.52. The smallest absolute Gasteiger partial charge is 0.127 e. The van der Waals surface area contributed by atoms with Crippen molar-refractivity contribution in [2.24, 2.45) is 0 Å². The minimum absolute atomic E-state index is 0.283. The Balaban J connectivity index is 1.95. The molecule has 2 saturated carbocycles. The Morgan fingerprint density at radius 1 is 1.32 bits per heavy atom. The van der Waals surface area contributed by atoms with E-state index in [-0.39, 0.29) is 5.92 Å². The summed E-state index contributed by atoms with van der Waals surface area (Å²) >= 11 is 0. The summed E-state index contributed by atoms with van der Waals surface area (Å²) in [5, 5.41) is 0. The van der Waals surface area contributed by atoms with Gasteiger partial charge in [0.15, 0.2) is 0 Å². The molecule has 0 saturated heterocycles. The maximum Gasteiger partial charge on any atom is 0.127 e. The molecule has 2 aliphatic rings. The molecule has 4 heteroatoms. The van der Waals surface area contributed by atoms with Crippen molar-refractivity contribution in [3.8, 4) is 0 Å². The molecule has 1 aromatic heterocycles. The third kappa shape index (κ3) is 2.38. The first-order valence-corrected chi connectivity index (χ1v) is 7.58. The molecular weight excluding hydrogens is 238 g/mol. The first-order chi connectivity index (χ1) is 9.22. The van der Waals surface area contributed by atoms with Crippen molar-refractivity contribution >= 4 is 5.82 Å². The van der Waals surface area contributed by atoms with Gasteiger partial charge in [0, 0.05) is 25.0 Å². The molecule has 1 aromatic rings. The lowest BCUT2D eigenvalue weighted by molar-refractivity contribution is 0.183. The van der Waals surface area contributed by atoms with Crippen molar-refractivity contribution in [1.29, 1.82) is 0 Å². The molecule has 0 aromatic carbocycles. The summed E-state index contributed by atoms with van der Waals surface area (Å²) in [4.78, 5) is 4.93. The van der Waals surface area contributed by atoms with Crippen LogP contribution in [0.2, 0.25) is 0 Å². The number of anilines is 1. The highest BCUT2D eigenvalue weighted by atomic mass is 16.5. The van der Waals surface area contributed by atoms with Crippen LogP contribution in [0.15, 0.2) is 0 Å². The van der Waals surface area contributed by atoms with E-state index in [4.69, 9.17) is 15.5 Å². The van der Waals surface area contributed by atoms with Crippen LogP contribution in [0, 0.1) is 0 Å². The second kappa shape index (κ2) is 5.16. The van der Waals surface area contributed by atoms with Crippen LogP contribution in [0.25, 0.3) is 0 Å². The van der Waals surface area contributed by atoms with Gasteiger partial charge < -0.3 is 15.0 Å². The van der Waals surface area contributed by atoms with Crippen molar-refractivity contribution in [2.45, 2.75) is 63.3 Å². The number of imidazole rings is 1. The van der Waals surface area contributed by atoms with Crippen LogP contribution in [0.4, 0.5) is 5.82 Å². The number of nitrogens with two attached hydrogens (primary N) is 1. The monoisotopic (exact) mass is 263 g/mol. The number of rotatable bonds is 5. The molecule has 0 amide bonds. The van der Waals surface area contributed by atoms with Crippen LogP contribution in [0.3, 0.4) is 0 Å². The Morgan fingerprint density at radius 2 is 2.00 bits per heavy atom. The zero-order valence-electron chi connectivity index (χ0n) is 12.1. The van der Waals surface area contributed by atoms with E-state index in [2.05, 4.69) is 11.5 Å². The van der Waals surface area contributed by atoms with Gasteiger partial charge in [0.05, 0.1) is 12.3 Å². The molecule has 0 radical (unpaired) electrons. The van der Waals surface area contributed by atoms with Gasteiger partial charge in [-0.3, -0.25) is 0 Å². The van der Waals surface area contributed by atoms with Gasteiger partial charge in [-0.15, -0.1) is 0 Å². The summed E-state index contributed by atoms with van der Waals surface area (Å²) < 4.78 is 7.60. The minimum atomic E-state index is 0.283. The van der Waals surface area contributed by atoms with Crippen LogP contribution in [0.5, 0.6) is 0 Å². The summed E-state index contributed by atoms with van der Waals surface area (Å²) in [6.07, 6.45) is 7.76. The van der Waals surface area contributed by atoms with Gasteiger partial charge in [0.2, 0.25) is 0 Å². The van der Waals surface area contributed by atoms with Gasteiger partial charge in [-0.05, 0) is 25.7 Å². The number of methoxy groups -OCH3 is 1. The Bertz CT molecular complexity index is 444. The second-order valence-corrected chi connectivity index (χ2v) is 6.18. The fourth-order valence-corrected chi connectivity index (χ4v) is 3.36. The number of hydrogen-bond acceptors (Lipinski definition) is 3. The van der Waals surface area contributed by atoms with Crippen molar-refractivity contribution in [3.05, 3.63) is 11.5 Å². The largest absolute Gasteiger partial charge is 0.384 e. The predicted molar refractivity (Wildman–Crippen MR) is 76.4 cm³/mol. The lowest BCUT2D eigenvalue weighted by Crippen LogP contribution is -2.09. The summed E-state index contributed by atoms with van der Waals surface area (Å²) in [6.45, 7) is 2.84. The highest BCUT2D eigenvalue weighted by Gasteiger charge is 2.34. The number of hydrogen-bond donors (Lipinski definition) is 1. The van der Waals surface area contributed by atoms with Gasteiger partial charge in [-0.1, -0.05) is 19.8 Å². The highest BCUT2D eigenvalue weighted by Crippen LogP contribution is 2.44. The van der Waals surface area contributed by atoms with Crippen LogP contribution in [0.1, 0.15) is 74.8 Å². The Kier molecular flexibility index (Phi) is 3.52. The maximum atomic E-state index is 6.39. The number of nitrogens with zero attached hydrogens (tertiary/aromatic N) is 2. The second-order valence-electron chi connectivity index (χ2n) is 6.18. The molecule has 4 nitrogen and oxygen atoms in total. The lowest BCUT2D eigenvalue weighted by atomic mass is 10.1. The summed E-state index contributed by atoms with van der Waals surface area (Å²) in [6, 6.07) is 0.617. The molecule has 2 aliphatic carbocycles. The minimum Gasteiger partial charge on any atom is -0.384 e. The van der Waals surface area contributed by atoms with Crippen molar-refractivity contribution < 1.29 is 4.74 Å². The van der Waals surface area contributed by atoms with Crippen LogP contribution >= 0.6 is 0 Å². The summed E-state index contributed by atoms with van der Waals surface area (Å²) in [5.74, 6) is 3.07. The molecule has 19 heavy (non-hydrogen) atoms. The molecule has 0 bridgehead atoms. The molecule has 0 spiro atoms. The normalized spacial score (nSPS) is 22.0. The molecule has 0 aliphatic heterocycles. The average molecular weight is 263 g/mol. The Hall–Kier alpha value is -1.03. The number of ether oxygens (including phenoxy) is 1. The quantitative estimate of drug-likeness (QED) is 0.887. The third-order valence-corrected chi connectivity index (χ3v) is 4.52. The van der Waals surface area contributed by atoms with Gasteiger partial charge in [-0.2, -0.15) is 0 Å². The Labute approximate surface area is 115 Å². The zero-order valence-corrected chi connectivity index (χ0v) is 12.1. The van der Waals surface area contributed by atoms with Crippen LogP contribution in [-0.4, -0.2) is 23.3 Å². The maximum absolute atomic E-state index is 6.39. The fourth-order valence-electron chi connectivity index (χ4n) is 3.36. The first-order valence-electron chi connectivity index (χ1n) is 7.58.